The average Bonchev–Trinajstić information content (AvgIpc) is 2.79. The molecular formula is C14H17NS. The number of hydrogen-bond acceptors (Lipinski definition) is 2. The molecule has 0 amide bonds. The van der Waals surface area contributed by atoms with Crippen molar-refractivity contribution in [2.24, 2.45) is 5.73 Å². The van der Waals surface area contributed by atoms with Crippen LogP contribution in [0.2, 0.25) is 0 Å². The molecule has 1 heterocycles. The number of rotatable bonds is 4. The van der Waals surface area contributed by atoms with Gasteiger partial charge < -0.3 is 5.73 Å². The van der Waals surface area contributed by atoms with E-state index >= 15 is 0 Å². The summed E-state index contributed by atoms with van der Waals surface area (Å²) in [4.78, 5) is 2.59. The normalized spacial score (nSPS) is 10.6. The first-order chi connectivity index (χ1) is 7.85. The fraction of sp³-hybridized carbons (Fsp3) is 0.286. The second kappa shape index (κ2) is 5.28. The van der Waals surface area contributed by atoms with Gasteiger partial charge in [-0.05, 0) is 29.7 Å². The van der Waals surface area contributed by atoms with Crippen molar-refractivity contribution in [3.05, 3.63) is 46.8 Å². The van der Waals surface area contributed by atoms with Crippen LogP contribution in [0.25, 0.3) is 10.4 Å². The number of thiophene rings is 1. The van der Waals surface area contributed by atoms with Gasteiger partial charge in [-0.2, -0.15) is 0 Å². The molecule has 0 aliphatic carbocycles. The van der Waals surface area contributed by atoms with Gasteiger partial charge in [0.15, 0.2) is 0 Å². The van der Waals surface area contributed by atoms with Crippen molar-refractivity contribution in [1.82, 2.24) is 0 Å². The maximum Gasteiger partial charge on any atom is 0.0348 e. The fourth-order valence-electron chi connectivity index (χ4n) is 1.88. The molecule has 0 radical (unpaired) electrons. The predicted octanol–water partition coefficient (Wildman–Crippen LogP) is 3.83. The second-order valence-corrected chi connectivity index (χ2v) is 5.05. The van der Waals surface area contributed by atoms with Gasteiger partial charge in [-0.15, -0.1) is 11.3 Å². The molecule has 16 heavy (non-hydrogen) atoms. The van der Waals surface area contributed by atoms with Crippen LogP contribution in [0.15, 0.2) is 36.4 Å². The van der Waals surface area contributed by atoms with Crippen molar-refractivity contribution in [2.75, 3.05) is 0 Å². The summed E-state index contributed by atoms with van der Waals surface area (Å²) in [5, 5.41) is 0. The van der Waals surface area contributed by atoms with Crippen LogP contribution in [0, 0.1) is 0 Å². The average molecular weight is 231 g/mol. The maximum atomic E-state index is 5.65. The van der Waals surface area contributed by atoms with E-state index in [2.05, 4.69) is 43.3 Å². The molecule has 0 aliphatic rings. The fourth-order valence-corrected chi connectivity index (χ4v) is 2.83. The molecule has 0 saturated heterocycles. The lowest BCUT2D eigenvalue weighted by atomic mass is 10.0. The van der Waals surface area contributed by atoms with Crippen LogP contribution < -0.4 is 5.73 Å². The third-order valence-electron chi connectivity index (χ3n) is 2.66. The smallest absolute Gasteiger partial charge is 0.0348 e. The Morgan fingerprint density at radius 2 is 1.94 bits per heavy atom. The van der Waals surface area contributed by atoms with Gasteiger partial charge in [0, 0.05) is 16.3 Å². The first kappa shape index (κ1) is 11.4. The highest BCUT2D eigenvalue weighted by atomic mass is 32.1. The van der Waals surface area contributed by atoms with Gasteiger partial charge in [-0.3, -0.25) is 0 Å². The van der Waals surface area contributed by atoms with Gasteiger partial charge >= 0.3 is 0 Å². The van der Waals surface area contributed by atoms with E-state index < -0.39 is 0 Å². The molecule has 0 aliphatic heterocycles. The quantitative estimate of drug-likeness (QED) is 0.850. The van der Waals surface area contributed by atoms with Crippen molar-refractivity contribution in [2.45, 2.75) is 26.3 Å². The Bertz CT molecular complexity index is 459. The molecule has 84 valence electrons. The van der Waals surface area contributed by atoms with Crippen LogP contribution in [-0.2, 0) is 13.0 Å². The summed E-state index contributed by atoms with van der Waals surface area (Å²) in [6, 6.07) is 13.0. The highest BCUT2D eigenvalue weighted by molar-refractivity contribution is 7.15. The lowest BCUT2D eigenvalue weighted by molar-refractivity contribution is 0.924. The van der Waals surface area contributed by atoms with E-state index in [0.717, 1.165) is 6.42 Å². The van der Waals surface area contributed by atoms with E-state index in [4.69, 9.17) is 5.73 Å². The standard InChI is InChI=1S/C14H17NS/c1-2-5-11-6-3-4-7-13(11)14-9-8-12(10-15)16-14/h3-4,6-9H,2,5,10,15H2,1H3. The van der Waals surface area contributed by atoms with Gasteiger partial charge in [0.05, 0.1) is 0 Å². The third kappa shape index (κ3) is 2.34. The minimum atomic E-state index is 0.639. The summed E-state index contributed by atoms with van der Waals surface area (Å²) in [5.74, 6) is 0. The number of aryl methyl sites for hydroxylation is 1. The topological polar surface area (TPSA) is 26.0 Å². The Hall–Kier alpha value is -1.12. The van der Waals surface area contributed by atoms with Crippen LogP contribution in [0.4, 0.5) is 0 Å². The highest BCUT2D eigenvalue weighted by Crippen LogP contribution is 2.31. The van der Waals surface area contributed by atoms with Crippen molar-refractivity contribution in [1.29, 1.82) is 0 Å². The van der Waals surface area contributed by atoms with Gasteiger partial charge in [-0.1, -0.05) is 37.6 Å². The molecule has 2 rings (SSSR count). The molecule has 0 saturated carbocycles. The largest absolute Gasteiger partial charge is 0.326 e. The number of benzene rings is 1. The molecule has 2 heteroatoms. The summed E-state index contributed by atoms with van der Waals surface area (Å²) in [7, 11) is 0. The molecule has 1 nitrogen and oxygen atoms in total. The SMILES string of the molecule is CCCc1ccccc1-c1ccc(CN)s1. The Kier molecular flexibility index (Phi) is 3.75. The van der Waals surface area contributed by atoms with Crippen molar-refractivity contribution < 1.29 is 0 Å². The summed E-state index contributed by atoms with van der Waals surface area (Å²) in [6.07, 6.45) is 2.33. The van der Waals surface area contributed by atoms with E-state index in [-0.39, 0.29) is 0 Å². The second-order valence-electron chi connectivity index (χ2n) is 3.88. The predicted molar refractivity (Wildman–Crippen MR) is 71.6 cm³/mol. The Labute approximate surface area is 101 Å². The Balaban J connectivity index is 2.38. The highest BCUT2D eigenvalue weighted by Gasteiger charge is 2.06. The Morgan fingerprint density at radius 1 is 1.12 bits per heavy atom. The van der Waals surface area contributed by atoms with Crippen molar-refractivity contribution in [3.63, 3.8) is 0 Å². The zero-order valence-electron chi connectivity index (χ0n) is 9.57. The Morgan fingerprint density at radius 3 is 2.62 bits per heavy atom. The summed E-state index contributed by atoms with van der Waals surface area (Å²) >= 11 is 1.80. The van der Waals surface area contributed by atoms with Gasteiger partial charge in [-0.25, -0.2) is 0 Å². The molecular weight excluding hydrogens is 214 g/mol. The molecule has 0 fully saturated rings. The van der Waals surface area contributed by atoms with Crippen LogP contribution in [0.5, 0.6) is 0 Å². The zero-order valence-corrected chi connectivity index (χ0v) is 10.4. The van der Waals surface area contributed by atoms with Gasteiger partial charge in [0.2, 0.25) is 0 Å². The minimum Gasteiger partial charge on any atom is -0.326 e. The molecule has 0 bridgehead atoms. The molecule has 0 unspecified atom stereocenters. The van der Waals surface area contributed by atoms with E-state index in [1.54, 1.807) is 11.3 Å². The maximum absolute atomic E-state index is 5.65. The van der Waals surface area contributed by atoms with Gasteiger partial charge in [0.25, 0.3) is 0 Å². The lowest BCUT2D eigenvalue weighted by Gasteiger charge is -2.06. The summed E-state index contributed by atoms with van der Waals surface area (Å²) in [5.41, 5.74) is 8.46. The van der Waals surface area contributed by atoms with Crippen molar-refractivity contribution in [3.8, 4) is 10.4 Å². The van der Waals surface area contributed by atoms with E-state index in [9.17, 15) is 0 Å². The lowest BCUT2D eigenvalue weighted by Crippen LogP contribution is -1.91. The van der Waals surface area contributed by atoms with Crippen molar-refractivity contribution >= 4 is 11.3 Å². The van der Waals surface area contributed by atoms with Gasteiger partial charge in [0.1, 0.15) is 0 Å². The van der Waals surface area contributed by atoms with E-state index in [1.807, 2.05) is 0 Å². The third-order valence-corrected chi connectivity index (χ3v) is 3.81. The van der Waals surface area contributed by atoms with Crippen LogP contribution >= 0.6 is 11.3 Å². The minimum absolute atomic E-state index is 0.639. The molecule has 0 spiro atoms. The first-order valence-corrected chi connectivity index (χ1v) is 6.54. The molecule has 0 atom stereocenters. The molecule has 2 aromatic rings. The molecule has 2 N–H and O–H groups in total. The van der Waals surface area contributed by atoms with E-state index in [1.165, 1.54) is 27.3 Å². The number of hydrogen-bond donors (Lipinski definition) is 1. The van der Waals surface area contributed by atoms with E-state index in [0.29, 0.717) is 6.54 Å². The first-order valence-electron chi connectivity index (χ1n) is 5.72. The van der Waals surface area contributed by atoms with Crippen LogP contribution in [0.3, 0.4) is 0 Å². The molecule has 1 aromatic heterocycles. The summed E-state index contributed by atoms with van der Waals surface area (Å²) in [6.45, 7) is 2.86. The number of nitrogens with two attached hydrogens (primary N) is 1. The molecule has 1 aromatic carbocycles. The monoisotopic (exact) mass is 231 g/mol. The zero-order chi connectivity index (χ0) is 11.4. The summed E-state index contributed by atoms with van der Waals surface area (Å²) < 4.78 is 0. The van der Waals surface area contributed by atoms with Crippen LogP contribution in [0.1, 0.15) is 23.8 Å². The van der Waals surface area contributed by atoms with Crippen LogP contribution in [-0.4, -0.2) is 0 Å².